The van der Waals surface area contributed by atoms with Crippen molar-refractivity contribution in [3.05, 3.63) is 36.1 Å². The summed E-state index contributed by atoms with van der Waals surface area (Å²) in [5.41, 5.74) is -0.271. The molecule has 26 heavy (non-hydrogen) atoms. The first-order valence-electron chi connectivity index (χ1n) is 7.90. The fourth-order valence-electron chi connectivity index (χ4n) is 2.83. The Kier molecular flexibility index (Phi) is 4.31. The lowest BCUT2D eigenvalue weighted by Crippen LogP contribution is -2.33. The predicted octanol–water partition coefficient (Wildman–Crippen LogP) is 3.39. The smallest absolute Gasteiger partial charge is 0.364 e. The number of halogens is 3. The van der Waals surface area contributed by atoms with E-state index in [-0.39, 0.29) is 11.7 Å². The van der Waals surface area contributed by atoms with E-state index >= 15 is 0 Å². The molecule has 1 aliphatic rings. The van der Waals surface area contributed by atoms with Gasteiger partial charge >= 0.3 is 6.18 Å². The molecule has 0 unspecified atom stereocenters. The van der Waals surface area contributed by atoms with Crippen molar-refractivity contribution >= 4 is 16.5 Å². The number of hydrogen-bond acceptors (Lipinski definition) is 8. The number of nitrogens with zero attached hydrogens (tertiary/aromatic N) is 6. The lowest BCUT2D eigenvalue weighted by atomic mass is 9.96. The fraction of sp³-hybridized carbons (Fsp3) is 0.400. The van der Waals surface area contributed by atoms with Gasteiger partial charge in [0.05, 0.1) is 0 Å². The highest BCUT2D eigenvalue weighted by atomic mass is 32.1. The average Bonchev–Trinajstić information content (AvgIpc) is 3.33. The number of piperidine rings is 1. The molecule has 0 spiro atoms. The normalized spacial score (nSPS) is 16.2. The first-order valence-corrected chi connectivity index (χ1v) is 8.72. The molecule has 11 heteroatoms. The molecule has 0 aliphatic carbocycles. The minimum atomic E-state index is -4.46. The zero-order valence-electron chi connectivity index (χ0n) is 13.3. The van der Waals surface area contributed by atoms with Gasteiger partial charge < -0.3 is 9.42 Å². The highest BCUT2D eigenvalue weighted by molar-refractivity contribution is 7.18. The van der Waals surface area contributed by atoms with E-state index in [1.807, 2.05) is 0 Å². The lowest BCUT2D eigenvalue weighted by Gasteiger charge is -2.30. The zero-order valence-corrected chi connectivity index (χ0v) is 14.2. The van der Waals surface area contributed by atoms with Crippen LogP contribution in [0.15, 0.2) is 29.1 Å². The summed E-state index contributed by atoms with van der Waals surface area (Å²) in [4.78, 5) is 9.80. The molecule has 7 nitrogen and oxygen atoms in total. The summed E-state index contributed by atoms with van der Waals surface area (Å²) in [5.74, 6) is 0.150. The maximum atomic E-state index is 12.8. The van der Waals surface area contributed by atoms with Crippen LogP contribution in [-0.2, 0) is 6.18 Å². The summed E-state index contributed by atoms with van der Waals surface area (Å²) in [6, 6.07) is 2.60. The maximum absolute atomic E-state index is 12.8. The van der Waals surface area contributed by atoms with Gasteiger partial charge in [0, 0.05) is 31.3 Å². The highest BCUT2D eigenvalue weighted by Crippen LogP contribution is 2.34. The van der Waals surface area contributed by atoms with Crippen LogP contribution in [0.5, 0.6) is 0 Å². The van der Waals surface area contributed by atoms with E-state index in [1.165, 1.54) is 23.8 Å². The van der Waals surface area contributed by atoms with E-state index in [4.69, 9.17) is 4.52 Å². The Labute approximate surface area is 149 Å². The Hall–Kier alpha value is -2.56. The van der Waals surface area contributed by atoms with Gasteiger partial charge in [-0.05, 0) is 18.9 Å². The fourth-order valence-corrected chi connectivity index (χ4v) is 3.68. The van der Waals surface area contributed by atoms with Crippen molar-refractivity contribution < 1.29 is 17.7 Å². The number of rotatable bonds is 3. The highest BCUT2D eigenvalue weighted by Gasteiger charge is 2.34. The first kappa shape index (κ1) is 16.9. The molecule has 3 aromatic rings. The molecule has 0 bridgehead atoms. The van der Waals surface area contributed by atoms with Crippen LogP contribution in [0, 0.1) is 0 Å². The summed E-state index contributed by atoms with van der Waals surface area (Å²) >= 11 is 1.40. The second-order valence-electron chi connectivity index (χ2n) is 5.83. The molecule has 3 aromatic heterocycles. The molecule has 136 valence electrons. The summed E-state index contributed by atoms with van der Waals surface area (Å²) < 4.78 is 43.2. The third kappa shape index (κ3) is 3.39. The molecular weight excluding hydrogens is 369 g/mol. The molecule has 4 heterocycles. The first-order chi connectivity index (χ1) is 12.5. The van der Waals surface area contributed by atoms with Gasteiger partial charge in [-0.2, -0.15) is 13.2 Å². The van der Waals surface area contributed by atoms with E-state index in [0.717, 1.165) is 11.2 Å². The third-order valence-electron chi connectivity index (χ3n) is 4.17. The molecule has 0 aromatic carbocycles. The molecule has 0 amide bonds. The van der Waals surface area contributed by atoms with Crippen molar-refractivity contribution in [1.29, 1.82) is 0 Å². The molecule has 0 atom stereocenters. The van der Waals surface area contributed by atoms with E-state index in [9.17, 15) is 13.2 Å². The largest absolute Gasteiger partial charge is 0.433 e. The molecule has 1 fully saturated rings. The maximum Gasteiger partial charge on any atom is 0.433 e. The van der Waals surface area contributed by atoms with Crippen LogP contribution in [0.1, 0.15) is 30.3 Å². The van der Waals surface area contributed by atoms with Gasteiger partial charge in [-0.3, -0.25) is 0 Å². The van der Waals surface area contributed by atoms with Crippen LogP contribution in [0.25, 0.3) is 10.7 Å². The Balaban J connectivity index is 1.43. The number of hydrogen-bond donors (Lipinski definition) is 0. The molecular formula is C15H13F3N6OS. The van der Waals surface area contributed by atoms with Crippen LogP contribution in [-0.4, -0.2) is 38.4 Å². The van der Waals surface area contributed by atoms with Crippen molar-refractivity contribution in [2.45, 2.75) is 24.9 Å². The van der Waals surface area contributed by atoms with Crippen LogP contribution in [0.2, 0.25) is 0 Å². The van der Waals surface area contributed by atoms with Crippen molar-refractivity contribution in [2.24, 2.45) is 0 Å². The van der Waals surface area contributed by atoms with Gasteiger partial charge in [0.15, 0.2) is 5.01 Å². The van der Waals surface area contributed by atoms with Gasteiger partial charge in [-0.25, -0.2) is 9.97 Å². The van der Waals surface area contributed by atoms with E-state index < -0.39 is 11.9 Å². The summed E-state index contributed by atoms with van der Waals surface area (Å²) in [5, 5.41) is 13.5. The topological polar surface area (TPSA) is 80.8 Å². The Morgan fingerprint density at radius 2 is 1.96 bits per heavy atom. The minimum absolute atomic E-state index is 0.100. The number of aromatic nitrogens is 5. The van der Waals surface area contributed by atoms with Gasteiger partial charge in [-0.1, -0.05) is 16.5 Å². The molecule has 1 aliphatic heterocycles. The van der Waals surface area contributed by atoms with Crippen molar-refractivity contribution in [3.8, 4) is 10.7 Å². The van der Waals surface area contributed by atoms with E-state index in [2.05, 4.69) is 30.2 Å². The number of anilines is 1. The molecule has 0 N–H and O–H groups in total. The second-order valence-corrected chi connectivity index (χ2v) is 6.79. The number of alkyl halides is 3. The molecule has 0 saturated carbocycles. The van der Waals surface area contributed by atoms with E-state index in [1.54, 1.807) is 6.07 Å². The van der Waals surface area contributed by atoms with Crippen molar-refractivity contribution in [1.82, 2.24) is 25.3 Å². The monoisotopic (exact) mass is 382 g/mol. The second kappa shape index (κ2) is 6.63. The third-order valence-corrected chi connectivity index (χ3v) is 5.17. The van der Waals surface area contributed by atoms with Gasteiger partial charge in [0.2, 0.25) is 5.13 Å². The van der Waals surface area contributed by atoms with Crippen LogP contribution in [0.4, 0.5) is 18.3 Å². The molecule has 0 radical (unpaired) electrons. The van der Waals surface area contributed by atoms with Crippen LogP contribution >= 0.6 is 11.3 Å². The zero-order chi connectivity index (χ0) is 18.1. The average molecular weight is 382 g/mol. The summed E-state index contributed by atoms with van der Waals surface area (Å²) in [6.45, 7) is 1.30. The Morgan fingerprint density at radius 3 is 2.65 bits per heavy atom. The summed E-state index contributed by atoms with van der Waals surface area (Å²) in [7, 11) is 0. The molecule has 1 saturated heterocycles. The Bertz CT molecular complexity index is 874. The molecule has 4 rings (SSSR count). The summed E-state index contributed by atoms with van der Waals surface area (Å²) in [6.07, 6.45) is -0.508. The van der Waals surface area contributed by atoms with E-state index in [0.29, 0.717) is 36.6 Å². The predicted molar refractivity (Wildman–Crippen MR) is 86.6 cm³/mol. The Morgan fingerprint density at radius 1 is 1.15 bits per heavy atom. The SMILES string of the molecule is FC(F)(F)c1ccnc(C2CCN(c3nnc(-c4ccon4)s3)CC2)n1. The van der Waals surface area contributed by atoms with Crippen LogP contribution < -0.4 is 4.90 Å². The minimum Gasteiger partial charge on any atom is -0.364 e. The lowest BCUT2D eigenvalue weighted by molar-refractivity contribution is -0.141. The van der Waals surface area contributed by atoms with Gasteiger partial charge in [0.1, 0.15) is 23.5 Å². The van der Waals surface area contributed by atoms with Crippen molar-refractivity contribution in [2.75, 3.05) is 18.0 Å². The quantitative estimate of drug-likeness (QED) is 0.687. The van der Waals surface area contributed by atoms with Crippen molar-refractivity contribution in [3.63, 3.8) is 0 Å². The van der Waals surface area contributed by atoms with Gasteiger partial charge in [0.25, 0.3) is 0 Å². The standard InChI is InChI=1S/C15H13F3N6OS/c16-15(17,18)11-1-5-19-12(20-11)9-2-6-24(7-3-9)14-22-21-13(26-14)10-4-8-25-23-10/h1,4-5,8-9H,2-3,6-7H2. The van der Waals surface area contributed by atoms with Gasteiger partial charge in [-0.15, -0.1) is 10.2 Å². The van der Waals surface area contributed by atoms with Crippen LogP contribution in [0.3, 0.4) is 0 Å².